The van der Waals surface area contributed by atoms with Crippen LogP contribution in [0.1, 0.15) is 123 Å². The summed E-state index contributed by atoms with van der Waals surface area (Å²) >= 11 is 0. The van der Waals surface area contributed by atoms with Crippen molar-refractivity contribution >= 4 is 19.8 Å². The Morgan fingerprint density at radius 1 is 0.548 bits per heavy atom. The summed E-state index contributed by atoms with van der Waals surface area (Å²) in [6, 6.07) is 0. The van der Waals surface area contributed by atoms with Gasteiger partial charge in [-0.2, -0.15) is 0 Å². The smallest absolute Gasteiger partial charge is 0.462 e. The maximum atomic E-state index is 12.6. The Hall–Kier alpha value is -3.93. The molecule has 0 heterocycles. The van der Waals surface area contributed by atoms with Crippen LogP contribution < -0.4 is 0 Å². The van der Waals surface area contributed by atoms with Crippen molar-refractivity contribution in [1.82, 2.24) is 0 Å². The summed E-state index contributed by atoms with van der Waals surface area (Å²) < 4.78 is 32.5. The molecular formula is C50H77O11P. The number of carbonyl (C=O) groups is 2. The number of aliphatic hydroxyl groups is 3. The number of allylic oxidation sites excluding steroid dienone is 21. The fraction of sp³-hybridized carbons (Fsp3) is 0.520. The van der Waals surface area contributed by atoms with Crippen LogP contribution in [-0.4, -0.2) is 76.9 Å². The van der Waals surface area contributed by atoms with Crippen LogP contribution in [0.5, 0.6) is 0 Å². The number of hydrogen-bond acceptors (Lipinski definition) is 10. The zero-order chi connectivity index (χ0) is 45.6. The van der Waals surface area contributed by atoms with E-state index in [0.717, 1.165) is 83.5 Å². The summed E-state index contributed by atoms with van der Waals surface area (Å²) in [7, 11) is -4.70. The molecular weight excluding hydrogens is 808 g/mol. The largest absolute Gasteiger partial charge is 0.472 e. The molecule has 0 aliphatic heterocycles. The van der Waals surface area contributed by atoms with E-state index < -0.39 is 64.5 Å². The van der Waals surface area contributed by atoms with E-state index >= 15 is 0 Å². The average molecular weight is 885 g/mol. The molecule has 0 amide bonds. The second-order valence-electron chi connectivity index (χ2n) is 14.2. The summed E-state index contributed by atoms with van der Waals surface area (Å²) in [5, 5.41) is 28.6. The maximum Gasteiger partial charge on any atom is 0.472 e. The summed E-state index contributed by atoms with van der Waals surface area (Å²) in [6.07, 6.45) is 54.6. The Kier molecular flexibility index (Phi) is 40.9. The first kappa shape index (κ1) is 58.1. The lowest BCUT2D eigenvalue weighted by atomic mass is 10.1. The minimum Gasteiger partial charge on any atom is -0.462 e. The molecule has 0 aliphatic carbocycles. The van der Waals surface area contributed by atoms with Crippen molar-refractivity contribution < 1.29 is 52.9 Å². The van der Waals surface area contributed by atoms with E-state index in [2.05, 4.69) is 128 Å². The highest BCUT2D eigenvalue weighted by atomic mass is 31.2. The number of esters is 2. The number of phosphoric ester groups is 1. The lowest BCUT2D eigenvalue weighted by molar-refractivity contribution is -0.161. The van der Waals surface area contributed by atoms with E-state index in [9.17, 15) is 29.3 Å². The highest BCUT2D eigenvalue weighted by Gasteiger charge is 2.27. The Balaban J connectivity index is 4.60. The van der Waals surface area contributed by atoms with Crippen LogP contribution in [0, 0.1) is 0 Å². The number of carbonyl (C=O) groups excluding carboxylic acids is 2. The Bertz CT molecular complexity index is 1500. The van der Waals surface area contributed by atoms with Gasteiger partial charge in [-0.25, -0.2) is 4.57 Å². The molecule has 12 heteroatoms. The molecule has 62 heavy (non-hydrogen) atoms. The van der Waals surface area contributed by atoms with Crippen LogP contribution in [0.4, 0.5) is 0 Å². The van der Waals surface area contributed by atoms with Gasteiger partial charge in [0.2, 0.25) is 0 Å². The van der Waals surface area contributed by atoms with Gasteiger partial charge in [-0.1, -0.05) is 154 Å². The third-order valence-electron chi connectivity index (χ3n) is 8.42. The first-order valence-corrected chi connectivity index (χ1v) is 23.7. The molecule has 4 atom stereocenters. The summed E-state index contributed by atoms with van der Waals surface area (Å²) in [6.45, 7) is 1.80. The van der Waals surface area contributed by atoms with Crippen molar-refractivity contribution in [1.29, 1.82) is 0 Å². The van der Waals surface area contributed by atoms with Gasteiger partial charge in [0.05, 0.1) is 25.9 Å². The van der Waals surface area contributed by atoms with Crippen LogP contribution in [0.25, 0.3) is 0 Å². The zero-order valence-electron chi connectivity index (χ0n) is 37.4. The molecule has 0 rings (SSSR count). The minimum atomic E-state index is -4.70. The topological polar surface area (TPSA) is 169 Å². The molecule has 0 fully saturated rings. The van der Waals surface area contributed by atoms with E-state index in [0.29, 0.717) is 6.42 Å². The first-order chi connectivity index (χ1) is 30.1. The third kappa shape index (κ3) is 42.7. The summed E-state index contributed by atoms with van der Waals surface area (Å²) in [5.74, 6) is -1.26. The molecule has 2 unspecified atom stereocenters. The lowest BCUT2D eigenvalue weighted by Gasteiger charge is -2.20. The van der Waals surface area contributed by atoms with Gasteiger partial charge in [0.25, 0.3) is 0 Å². The van der Waals surface area contributed by atoms with Gasteiger partial charge in [-0.05, 0) is 89.9 Å². The molecule has 0 aromatic carbocycles. The number of aliphatic hydroxyl groups excluding tert-OH is 3. The normalized spacial score (nSPS) is 15.5. The van der Waals surface area contributed by atoms with E-state index in [1.54, 1.807) is 12.2 Å². The van der Waals surface area contributed by atoms with Crippen molar-refractivity contribution in [2.75, 3.05) is 26.4 Å². The van der Waals surface area contributed by atoms with Crippen molar-refractivity contribution in [2.24, 2.45) is 0 Å². The first-order valence-electron chi connectivity index (χ1n) is 22.3. The van der Waals surface area contributed by atoms with Gasteiger partial charge in [-0.3, -0.25) is 18.6 Å². The van der Waals surface area contributed by atoms with Crippen molar-refractivity contribution in [3.8, 4) is 0 Å². The fourth-order valence-electron chi connectivity index (χ4n) is 5.01. The van der Waals surface area contributed by atoms with Gasteiger partial charge in [0.1, 0.15) is 12.7 Å². The standard InChI is InChI=1S/C50H77O11P/c1-3-5-7-9-11-13-15-17-19-21-22-23-25-27-29-31-33-35-37-39-50(55)61-48(45-60-62(56,57)59-43-47(53)42-51)44-58-49(54)41-40-46(52)38-36-34-32-30-28-26-24-20-18-16-14-12-10-8-6-4-2/h5-8,11-14,17-20,22-23,26-29,32,34,36,38,46-48,51-53H,3-4,9-10,15-16,21,24-25,30-31,33,35,37,39-45H2,1-2H3,(H,56,57)/b7-5-,8-6-,13-11-,14-12-,19-17-,20-18-,23-22-,28-26-,29-27-,34-32-,38-36-/t46?,47-,48+/m0/s1. The van der Waals surface area contributed by atoms with Crippen LogP contribution in [0.2, 0.25) is 0 Å². The lowest BCUT2D eigenvalue weighted by Crippen LogP contribution is -2.30. The van der Waals surface area contributed by atoms with Crippen LogP contribution in [0.3, 0.4) is 0 Å². The van der Waals surface area contributed by atoms with E-state index in [1.165, 1.54) is 0 Å². The third-order valence-corrected chi connectivity index (χ3v) is 9.37. The number of phosphoric acid groups is 1. The van der Waals surface area contributed by atoms with Crippen LogP contribution in [-0.2, 0) is 32.7 Å². The molecule has 0 saturated carbocycles. The Labute approximate surface area is 373 Å². The van der Waals surface area contributed by atoms with Gasteiger partial charge in [0.15, 0.2) is 6.10 Å². The monoisotopic (exact) mass is 885 g/mol. The summed E-state index contributed by atoms with van der Waals surface area (Å²) in [5.41, 5.74) is 0. The molecule has 0 saturated heterocycles. The highest BCUT2D eigenvalue weighted by molar-refractivity contribution is 7.47. The van der Waals surface area contributed by atoms with Crippen LogP contribution >= 0.6 is 7.82 Å². The van der Waals surface area contributed by atoms with Crippen LogP contribution in [0.15, 0.2) is 134 Å². The number of unbranched alkanes of at least 4 members (excludes halogenated alkanes) is 3. The predicted octanol–water partition coefficient (Wildman–Crippen LogP) is 11.1. The molecule has 4 N–H and O–H groups in total. The van der Waals surface area contributed by atoms with Crippen molar-refractivity contribution in [2.45, 2.75) is 141 Å². The van der Waals surface area contributed by atoms with Crippen molar-refractivity contribution in [3.05, 3.63) is 134 Å². The number of hydrogen-bond donors (Lipinski definition) is 4. The zero-order valence-corrected chi connectivity index (χ0v) is 38.3. The molecule has 0 spiro atoms. The SMILES string of the molecule is CC/C=C\C/C=C\C/C=C\C/C=C\C/C=C\C=C/C(O)CCC(=O)OC[C@H](COP(=O)(O)OC[C@@H](O)CO)OC(=O)CCCCC/C=C\C/C=C\C/C=C\C/C=C\C/C=C\CC. The van der Waals surface area contributed by atoms with Crippen molar-refractivity contribution in [3.63, 3.8) is 0 Å². The maximum absolute atomic E-state index is 12.6. The Morgan fingerprint density at radius 3 is 1.52 bits per heavy atom. The number of rotatable bonds is 39. The molecule has 0 aliphatic rings. The van der Waals surface area contributed by atoms with Gasteiger partial charge in [0, 0.05) is 12.8 Å². The molecule has 0 bridgehead atoms. The number of ether oxygens (including phenoxy) is 2. The highest BCUT2D eigenvalue weighted by Crippen LogP contribution is 2.43. The molecule has 348 valence electrons. The van der Waals surface area contributed by atoms with E-state index in [1.807, 2.05) is 12.2 Å². The second-order valence-corrected chi connectivity index (χ2v) is 15.6. The molecule has 0 radical (unpaired) electrons. The molecule has 11 nitrogen and oxygen atoms in total. The Morgan fingerprint density at radius 2 is 1.02 bits per heavy atom. The van der Waals surface area contributed by atoms with E-state index in [4.69, 9.17) is 19.1 Å². The van der Waals surface area contributed by atoms with Gasteiger partial charge < -0.3 is 29.7 Å². The quantitative estimate of drug-likeness (QED) is 0.0152. The molecule has 0 aromatic heterocycles. The average Bonchev–Trinajstić information content (AvgIpc) is 3.26. The minimum absolute atomic E-state index is 0.0858. The van der Waals surface area contributed by atoms with E-state index in [-0.39, 0.29) is 19.3 Å². The fourth-order valence-corrected chi connectivity index (χ4v) is 5.80. The molecule has 0 aromatic rings. The van der Waals surface area contributed by atoms with Gasteiger partial charge in [-0.15, -0.1) is 0 Å². The second kappa shape index (κ2) is 43.7. The van der Waals surface area contributed by atoms with Gasteiger partial charge >= 0.3 is 19.8 Å². The predicted molar refractivity (Wildman–Crippen MR) is 252 cm³/mol. The summed E-state index contributed by atoms with van der Waals surface area (Å²) in [4.78, 5) is 35.1.